The van der Waals surface area contributed by atoms with Gasteiger partial charge in [-0.2, -0.15) is 0 Å². The van der Waals surface area contributed by atoms with Gasteiger partial charge in [-0.05, 0) is 60.7 Å². The summed E-state index contributed by atoms with van der Waals surface area (Å²) in [4.78, 5) is 4.58. The number of methoxy groups -OCH3 is 1. The lowest BCUT2D eigenvalue weighted by Gasteiger charge is -2.08. The molecule has 6 nitrogen and oxygen atoms in total. The number of hydrogen-bond donors (Lipinski definition) is 1. The summed E-state index contributed by atoms with van der Waals surface area (Å²) in [5.74, 6) is 0.952. The van der Waals surface area contributed by atoms with Crippen LogP contribution in [0.1, 0.15) is 0 Å². The van der Waals surface area contributed by atoms with Gasteiger partial charge in [0, 0.05) is 10.6 Å². The largest absolute Gasteiger partial charge is 0.497 e. The molecule has 0 fully saturated rings. The highest BCUT2D eigenvalue weighted by Crippen LogP contribution is 2.30. The highest BCUT2D eigenvalue weighted by atomic mass is 35.5. The first-order chi connectivity index (χ1) is 13.5. The second kappa shape index (κ2) is 7.18. The summed E-state index contributed by atoms with van der Waals surface area (Å²) in [5.41, 5.74) is 1.96. The highest BCUT2D eigenvalue weighted by Gasteiger charge is 2.18. The van der Waals surface area contributed by atoms with Gasteiger partial charge in [-0.15, -0.1) is 0 Å². The molecule has 28 heavy (non-hydrogen) atoms. The SMILES string of the molecule is COc1ccc(S(=O)(=O)Nc2cccc3oc(-c4ccc(Cl)cc4)nc23)cc1. The van der Waals surface area contributed by atoms with Crippen LogP contribution in [-0.2, 0) is 10.0 Å². The Morgan fingerprint density at radius 2 is 1.71 bits per heavy atom. The maximum atomic E-state index is 12.7. The molecule has 0 spiro atoms. The van der Waals surface area contributed by atoms with Crippen LogP contribution in [0.2, 0.25) is 5.02 Å². The zero-order chi connectivity index (χ0) is 19.7. The van der Waals surface area contributed by atoms with E-state index in [1.54, 1.807) is 54.6 Å². The predicted molar refractivity (Wildman–Crippen MR) is 108 cm³/mol. The molecule has 0 unspecified atom stereocenters. The zero-order valence-electron chi connectivity index (χ0n) is 14.7. The Hall–Kier alpha value is -3.03. The molecule has 0 saturated carbocycles. The fraction of sp³-hybridized carbons (Fsp3) is 0.0500. The van der Waals surface area contributed by atoms with Gasteiger partial charge < -0.3 is 9.15 Å². The third-order valence-electron chi connectivity index (χ3n) is 4.12. The Morgan fingerprint density at radius 3 is 2.39 bits per heavy atom. The molecule has 0 aliphatic carbocycles. The first kappa shape index (κ1) is 18.3. The molecule has 0 saturated heterocycles. The second-order valence-corrected chi connectivity index (χ2v) is 8.08. The number of halogens is 1. The Labute approximate surface area is 166 Å². The molecular formula is C20H15ClN2O4S. The van der Waals surface area contributed by atoms with E-state index in [1.807, 2.05) is 0 Å². The lowest BCUT2D eigenvalue weighted by Crippen LogP contribution is -2.13. The standard InChI is InChI=1S/C20H15ClN2O4S/c1-26-15-9-11-16(12-10-15)28(24,25)23-17-3-2-4-18-19(17)22-20(27-18)13-5-7-14(21)8-6-13/h2-12,23H,1H3. The van der Waals surface area contributed by atoms with E-state index in [9.17, 15) is 8.42 Å². The van der Waals surface area contributed by atoms with E-state index < -0.39 is 10.0 Å². The van der Waals surface area contributed by atoms with Gasteiger partial charge in [0.05, 0.1) is 17.7 Å². The number of nitrogens with zero attached hydrogens (tertiary/aromatic N) is 1. The van der Waals surface area contributed by atoms with Gasteiger partial charge in [-0.3, -0.25) is 4.72 Å². The van der Waals surface area contributed by atoms with E-state index in [1.165, 1.54) is 19.2 Å². The molecular weight excluding hydrogens is 400 g/mol. The van der Waals surface area contributed by atoms with E-state index >= 15 is 0 Å². The number of benzene rings is 3. The number of rotatable bonds is 5. The molecule has 0 radical (unpaired) electrons. The lowest BCUT2D eigenvalue weighted by molar-refractivity contribution is 0.414. The van der Waals surface area contributed by atoms with Crippen molar-refractivity contribution in [1.82, 2.24) is 4.98 Å². The number of hydrogen-bond acceptors (Lipinski definition) is 5. The van der Waals surface area contributed by atoms with Crippen molar-refractivity contribution in [2.24, 2.45) is 0 Å². The summed E-state index contributed by atoms with van der Waals surface area (Å²) in [6.45, 7) is 0. The van der Waals surface area contributed by atoms with Crippen molar-refractivity contribution < 1.29 is 17.6 Å². The third kappa shape index (κ3) is 3.54. The summed E-state index contributed by atoms with van der Waals surface area (Å²) >= 11 is 5.92. The molecule has 142 valence electrons. The fourth-order valence-corrected chi connectivity index (χ4v) is 3.90. The maximum Gasteiger partial charge on any atom is 0.261 e. The van der Waals surface area contributed by atoms with E-state index in [4.69, 9.17) is 20.8 Å². The molecule has 0 aliphatic heterocycles. The summed E-state index contributed by atoms with van der Waals surface area (Å²) in [5, 5.41) is 0.604. The minimum absolute atomic E-state index is 0.117. The number of oxazole rings is 1. The van der Waals surface area contributed by atoms with Gasteiger partial charge in [0.15, 0.2) is 5.58 Å². The first-order valence-corrected chi connectivity index (χ1v) is 10.1. The van der Waals surface area contributed by atoms with Crippen molar-refractivity contribution in [1.29, 1.82) is 0 Å². The number of sulfonamides is 1. The minimum Gasteiger partial charge on any atom is -0.497 e. The molecule has 1 heterocycles. The van der Waals surface area contributed by atoms with Crippen molar-refractivity contribution in [2.75, 3.05) is 11.8 Å². The molecule has 4 aromatic rings. The van der Waals surface area contributed by atoms with Crippen molar-refractivity contribution in [3.8, 4) is 17.2 Å². The highest BCUT2D eigenvalue weighted by molar-refractivity contribution is 7.92. The summed E-state index contributed by atoms with van der Waals surface area (Å²) in [6, 6.07) is 18.2. The topological polar surface area (TPSA) is 81.4 Å². The number of nitrogens with one attached hydrogen (secondary N) is 1. The normalized spacial score (nSPS) is 11.5. The quantitative estimate of drug-likeness (QED) is 0.499. The molecule has 0 aliphatic rings. The third-order valence-corrected chi connectivity index (χ3v) is 5.76. The zero-order valence-corrected chi connectivity index (χ0v) is 16.3. The summed E-state index contributed by atoms with van der Waals surface area (Å²) in [6.07, 6.45) is 0. The predicted octanol–water partition coefficient (Wildman–Crippen LogP) is 4.96. The number of para-hydroxylation sites is 1. The van der Waals surface area contributed by atoms with Gasteiger partial charge in [0.1, 0.15) is 11.3 Å². The van der Waals surface area contributed by atoms with Crippen LogP contribution < -0.4 is 9.46 Å². The van der Waals surface area contributed by atoms with Gasteiger partial charge >= 0.3 is 0 Å². The number of fused-ring (bicyclic) bond motifs is 1. The van der Waals surface area contributed by atoms with Crippen LogP contribution in [0.3, 0.4) is 0 Å². The van der Waals surface area contributed by atoms with Crippen molar-refractivity contribution in [3.63, 3.8) is 0 Å². The molecule has 8 heteroatoms. The van der Waals surface area contributed by atoms with Crippen LogP contribution in [0.25, 0.3) is 22.6 Å². The lowest BCUT2D eigenvalue weighted by atomic mass is 10.2. The van der Waals surface area contributed by atoms with E-state index in [2.05, 4.69) is 9.71 Å². The van der Waals surface area contributed by atoms with Gasteiger partial charge in [-0.1, -0.05) is 17.7 Å². The van der Waals surface area contributed by atoms with E-state index in [0.717, 1.165) is 5.56 Å². The van der Waals surface area contributed by atoms with Crippen LogP contribution in [0.4, 0.5) is 5.69 Å². The Balaban J connectivity index is 1.71. The number of ether oxygens (including phenoxy) is 1. The van der Waals surface area contributed by atoms with E-state index in [-0.39, 0.29) is 4.90 Å². The number of aromatic nitrogens is 1. The Kier molecular flexibility index (Phi) is 4.70. The molecule has 0 bridgehead atoms. The second-order valence-electron chi connectivity index (χ2n) is 5.96. The Bertz CT molecular complexity index is 1230. The van der Waals surface area contributed by atoms with Crippen LogP contribution >= 0.6 is 11.6 Å². The minimum atomic E-state index is -3.80. The first-order valence-electron chi connectivity index (χ1n) is 8.29. The molecule has 4 rings (SSSR count). The van der Waals surface area contributed by atoms with Crippen LogP contribution in [0, 0.1) is 0 Å². The average molecular weight is 415 g/mol. The molecule has 1 aromatic heterocycles. The molecule has 1 N–H and O–H groups in total. The van der Waals surface area contributed by atoms with Crippen LogP contribution in [0.15, 0.2) is 76.0 Å². The average Bonchev–Trinajstić information content (AvgIpc) is 3.14. The Morgan fingerprint density at radius 1 is 1.00 bits per heavy atom. The monoisotopic (exact) mass is 414 g/mol. The van der Waals surface area contributed by atoms with Gasteiger partial charge in [-0.25, -0.2) is 13.4 Å². The molecule has 3 aromatic carbocycles. The van der Waals surface area contributed by atoms with E-state index in [0.29, 0.717) is 33.4 Å². The molecule has 0 amide bonds. The number of anilines is 1. The summed E-state index contributed by atoms with van der Waals surface area (Å²) < 4.78 is 38.9. The summed E-state index contributed by atoms with van der Waals surface area (Å²) in [7, 11) is -2.28. The maximum absolute atomic E-state index is 12.7. The van der Waals surface area contributed by atoms with Gasteiger partial charge in [0.25, 0.3) is 10.0 Å². The van der Waals surface area contributed by atoms with Crippen molar-refractivity contribution in [3.05, 3.63) is 71.8 Å². The van der Waals surface area contributed by atoms with Crippen molar-refractivity contribution >= 4 is 38.4 Å². The van der Waals surface area contributed by atoms with Gasteiger partial charge in [0.2, 0.25) is 5.89 Å². The van der Waals surface area contributed by atoms with Crippen molar-refractivity contribution in [2.45, 2.75) is 4.90 Å². The fourth-order valence-electron chi connectivity index (χ4n) is 2.71. The van der Waals surface area contributed by atoms with Crippen LogP contribution in [0.5, 0.6) is 5.75 Å². The molecule has 0 atom stereocenters. The smallest absolute Gasteiger partial charge is 0.261 e. The van der Waals surface area contributed by atoms with Crippen LogP contribution in [-0.4, -0.2) is 20.5 Å².